The van der Waals surface area contributed by atoms with Crippen LogP contribution >= 0.6 is 0 Å². The van der Waals surface area contributed by atoms with Crippen LogP contribution in [0.15, 0.2) is 41.1 Å². The summed E-state index contributed by atoms with van der Waals surface area (Å²) in [6.07, 6.45) is 3.67. The van der Waals surface area contributed by atoms with Gasteiger partial charge >= 0.3 is 0 Å². The standard InChI is InChI=1S/C23H30N4O4/c1-26(2)13-10-24-21(28)16-18-15-17-5-3-4-6-19(17)23(31-18)8-11-27(12-9-23)22(29)20-7-14-30-25-20/h3-7,14,18H,8-13,15-16H2,1-2H3,(H,24,28). The topological polar surface area (TPSA) is 87.9 Å². The minimum atomic E-state index is -0.468. The van der Waals surface area contributed by atoms with E-state index in [1.807, 2.05) is 31.1 Å². The molecule has 0 radical (unpaired) electrons. The highest BCUT2D eigenvalue weighted by Crippen LogP contribution is 2.44. The maximum Gasteiger partial charge on any atom is 0.276 e. The second-order valence-electron chi connectivity index (χ2n) is 8.63. The monoisotopic (exact) mass is 426 g/mol. The van der Waals surface area contributed by atoms with Gasteiger partial charge in [-0.2, -0.15) is 0 Å². The first-order valence-corrected chi connectivity index (χ1v) is 10.8. The van der Waals surface area contributed by atoms with Gasteiger partial charge in [0.25, 0.3) is 5.91 Å². The Kier molecular flexibility index (Phi) is 6.38. The van der Waals surface area contributed by atoms with Gasteiger partial charge in [0.1, 0.15) is 6.26 Å². The van der Waals surface area contributed by atoms with Gasteiger partial charge in [-0.15, -0.1) is 0 Å². The quantitative estimate of drug-likeness (QED) is 0.758. The van der Waals surface area contributed by atoms with E-state index in [1.54, 1.807) is 11.0 Å². The zero-order valence-corrected chi connectivity index (χ0v) is 18.2. The first-order chi connectivity index (χ1) is 15.0. The Morgan fingerprint density at radius 1 is 1.23 bits per heavy atom. The van der Waals surface area contributed by atoms with Crippen LogP contribution in [0.25, 0.3) is 0 Å². The van der Waals surface area contributed by atoms with Gasteiger partial charge < -0.3 is 24.4 Å². The molecular weight excluding hydrogens is 396 g/mol. The number of nitrogens with one attached hydrogen (secondary N) is 1. The number of aromatic nitrogens is 1. The number of hydrogen-bond donors (Lipinski definition) is 1. The highest BCUT2D eigenvalue weighted by atomic mass is 16.5. The number of carbonyl (C=O) groups is 2. The van der Waals surface area contributed by atoms with Crippen molar-refractivity contribution in [2.45, 2.75) is 37.4 Å². The van der Waals surface area contributed by atoms with Crippen molar-refractivity contribution in [3.8, 4) is 0 Å². The van der Waals surface area contributed by atoms with E-state index in [0.717, 1.165) is 13.0 Å². The number of fused-ring (bicyclic) bond motifs is 2. The summed E-state index contributed by atoms with van der Waals surface area (Å²) in [7, 11) is 3.97. The summed E-state index contributed by atoms with van der Waals surface area (Å²) in [6, 6.07) is 9.91. The average molecular weight is 427 g/mol. The van der Waals surface area contributed by atoms with Gasteiger partial charge in [0.15, 0.2) is 5.69 Å². The molecule has 31 heavy (non-hydrogen) atoms. The molecule has 1 unspecified atom stereocenters. The largest absolute Gasteiger partial charge is 0.366 e. The minimum Gasteiger partial charge on any atom is -0.366 e. The number of carbonyl (C=O) groups excluding carboxylic acids is 2. The molecule has 166 valence electrons. The van der Waals surface area contributed by atoms with Gasteiger partial charge in [-0.05, 0) is 44.5 Å². The van der Waals surface area contributed by atoms with Crippen LogP contribution in [-0.4, -0.2) is 73.1 Å². The molecule has 0 saturated carbocycles. The smallest absolute Gasteiger partial charge is 0.276 e. The van der Waals surface area contributed by atoms with Crippen molar-refractivity contribution in [3.63, 3.8) is 0 Å². The molecule has 4 rings (SSSR count). The van der Waals surface area contributed by atoms with Gasteiger partial charge in [0.05, 0.1) is 18.1 Å². The highest BCUT2D eigenvalue weighted by Gasteiger charge is 2.44. The molecule has 1 fully saturated rings. The predicted molar refractivity (Wildman–Crippen MR) is 115 cm³/mol. The molecule has 1 saturated heterocycles. The van der Waals surface area contributed by atoms with Crippen molar-refractivity contribution in [2.24, 2.45) is 0 Å². The number of piperidine rings is 1. The van der Waals surface area contributed by atoms with Crippen molar-refractivity contribution in [1.29, 1.82) is 0 Å². The number of ether oxygens (including phenoxy) is 1. The van der Waals surface area contributed by atoms with Crippen molar-refractivity contribution >= 4 is 11.8 Å². The summed E-state index contributed by atoms with van der Waals surface area (Å²) in [5.41, 5.74) is 2.28. The van der Waals surface area contributed by atoms with Crippen molar-refractivity contribution in [1.82, 2.24) is 20.3 Å². The second-order valence-corrected chi connectivity index (χ2v) is 8.63. The lowest BCUT2D eigenvalue weighted by atomic mass is 9.77. The summed E-state index contributed by atoms with van der Waals surface area (Å²) in [4.78, 5) is 28.9. The summed E-state index contributed by atoms with van der Waals surface area (Å²) < 4.78 is 11.4. The van der Waals surface area contributed by atoms with Crippen LogP contribution in [0.5, 0.6) is 0 Å². The molecule has 2 aliphatic rings. The van der Waals surface area contributed by atoms with Gasteiger partial charge in [0, 0.05) is 32.2 Å². The number of benzene rings is 1. The van der Waals surface area contributed by atoms with Crippen molar-refractivity contribution in [2.75, 3.05) is 40.3 Å². The molecule has 1 atom stereocenters. The van der Waals surface area contributed by atoms with Gasteiger partial charge in [-0.3, -0.25) is 9.59 Å². The lowest BCUT2D eigenvalue weighted by Crippen LogP contribution is -2.51. The normalized spacial score (nSPS) is 20.0. The Morgan fingerprint density at radius 2 is 2.00 bits per heavy atom. The van der Waals surface area contributed by atoms with E-state index < -0.39 is 5.60 Å². The molecule has 2 aliphatic heterocycles. The van der Waals surface area contributed by atoms with Crippen LogP contribution < -0.4 is 5.32 Å². The minimum absolute atomic E-state index is 0.0139. The van der Waals surface area contributed by atoms with Crippen LogP contribution in [0.4, 0.5) is 0 Å². The molecule has 1 aromatic carbocycles. The fourth-order valence-corrected chi connectivity index (χ4v) is 4.57. The summed E-state index contributed by atoms with van der Waals surface area (Å²) >= 11 is 0. The van der Waals surface area contributed by atoms with E-state index in [9.17, 15) is 9.59 Å². The number of amides is 2. The van der Waals surface area contributed by atoms with Crippen molar-refractivity contribution in [3.05, 3.63) is 53.4 Å². The molecule has 1 spiro atoms. The molecule has 8 nitrogen and oxygen atoms in total. The highest BCUT2D eigenvalue weighted by molar-refractivity contribution is 5.92. The van der Waals surface area contributed by atoms with E-state index in [0.29, 0.717) is 44.6 Å². The molecule has 1 aromatic heterocycles. The third kappa shape index (κ3) is 4.80. The zero-order valence-electron chi connectivity index (χ0n) is 18.2. The predicted octanol–water partition coefficient (Wildman–Crippen LogP) is 1.82. The number of likely N-dealkylation sites (tertiary alicyclic amines) is 1. The Bertz CT molecular complexity index is 904. The summed E-state index contributed by atoms with van der Waals surface area (Å²) in [5.74, 6) is -0.107. The first-order valence-electron chi connectivity index (χ1n) is 10.8. The SMILES string of the molecule is CN(C)CCNC(=O)CC1Cc2ccccc2C2(CCN(C(=O)c3ccon3)CC2)O1. The maximum atomic E-state index is 12.6. The number of hydrogen-bond acceptors (Lipinski definition) is 6. The zero-order chi connectivity index (χ0) is 21.8. The van der Waals surface area contributed by atoms with Gasteiger partial charge in [-0.1, -0.05) is 29.4 Å². The van der Waals surface area contributed by atoms with E-state index in [-0.39, 0.29) is 17.9 Å². The Balaban J connectivity index is 1.44. The number of likely N-dealkylation sites (N-methyl/N-ethyl adjacent to an activating group) is 1. The number of nitrogens with zero attached hydrogens (tertiary/aromatic N) is 3. The Morgan fingerprint density at radius 3 is 2.71 bits per heavy atom. The van der Waals surface area contributed by atoms with E-state index in [4.69, 9.17) is 9.26 Å². The van der Waals surface area contributed by atoms with Crippen molar-refractivity contribution < 1.29 is 18.8 Å². The molecule has 3 heterocycles. The molecule has 2 aromatic rings. The van der Waals surface area contributed by atoms with Crippen LogP contribution in [0.3, 0.4) is 0 Å². The lowest BCUT2D eigenvalue weighted by molar-refractivity contribution is -0.147. The third-order valence-electron chi connectivity index (χ3n) is 6.16. The van der Waals surface area contributed by atoms with E-state index in [1.165, 1.54) is 17.4 Å². The maximum absolute atomic E-state index is 12.6. The molecule has 1 N–H and O–H groups in total. The Labute approximate surface area is 182 Å². The molecule has 2 amide bonds. The summed E-state index contributed by atoms with van der Waals surface area (Å²) in [5, 5.41) is 6.75. The summed E-state index contributed by atoms with van der Waals surface area (Å²) in [6.45, 7) is 2.57. The molecular formula is C23H30N4O4. The Hall–Kier alpha value is -2.71. The van der Waals surface area contributed by atoms with Crippen LogP contribution in [0.1, 0.15) is 40.9 Å². The molecule has 0 bridgehead atoms. The lowest BCUT2D eigenvalue weighted by Gasteiger charge is -2.47. The van der Waals surface area contributed by atoms with Gasteiger partial charge in [0.2, 0.25) is 5.91 Å². The fraction of sp³-hybridized carbons (Fsp3) is 0.522. The molecule has 8 heteroatoms. The average Bonchev–Trinajstić information content (AvgIpc) is 3.28. The first kappa shape index (κ1) is 21.5. The number of rotatable bonds is 6. The van der Waals surface area contributed by atoms with Crippen LogP contribution in [-0.2, 0) is 21.6 Å². The fourth-order valence-electron chi connectivity index (χ4n) is 4.57. The van der Waals surface area contributed by atoms with Crippen LogP contribution in [0.2, 0.25) is 0 Å². The van der Waals surface area contributed by atoms with Crippen LogP contribution in [0, 0.1) is 0 Å². The third-order valence-corrected chi connectivity index (χ3v) is 6.16. The van der Waals surface area contributed by atoms with E-state index in [2.05, 4.69) is 22.6 Å². The molecule has 0 aliphatic carbocycles. The second kappa shape index (κ2) is 9.20. The van der Waals surface area contributed by atoms with Gasteiger partial charge in [-0.25, -0.2) is 0 Å². The van der Waals surface area contributed by atoms with E-state index >= 15 is 0 Å².